The first-order valence-corrected chi connectivity index (χ1v) is 7.38. The van der Waals surface area contributed by atoms with Crippen LogP contribution in [0, 0.1) is 5.92 Å². The molecule has 0 aromatic carbocycles. The summed E-state index contributed by atoms with van der Waals surface area (Å²) in [6.07, 6.45) is 14.5. The minimum Gasteiger partial charge on any atom is -0.279 e. The van der Waals surface area contributed by atoms with E-state index >= 15 is 0 Å². The molecular weight excluding hydrogens is 215 g/mol. The largest absolute Gasteiger partial charge is 0.279 e. The van der Waals surface area contributed by atoms with E-state index in [0.29, 0.717) is 0 Å². The van der Waals surface area contributed by atoms with E-state index in [4.69, 9.17) is 4.57 Å². The molecule has 0 saturated carbocycles. The second-order valence-corrected chi connectivity index (χ2v) is 5.01. The molecule has 0 aromatic heterocycles. The SMILES string of the molecule is CCCCCCCCCCCC(C)C.O=P. The standard InChI is InChI=1S/C14H30.HOP/c1-4-5-6-7-8-9-10-11-12-13-14(2)3;1-2/h14H,4-13H2,1-3H3;2H. The second-order valence-electron chi connectivity index (χ2n) is 5.01. The van der Waals surface area contributed by atoms with E-state index < -0.39 is 0 Å². The van der Waals surface area contributed by atoms with Crippen LogP contribution in [0.3, 0.4) is 0 Å². The lowest BCUT2D eigenvalue weighted by atomic mass is 10.0. The van der Waals surface area contributed by atoms with Gasteiger partial charge >= 0.3 is 0 Å². The summed E-state index contributed by atoms with van der Waals surface area (Å²) in [5.41, 5.74) is 0. The van der Waals surface area contributed by atoms with Gasteiger partial charge in [0, 0.05) is 0 Å². The van der Waals surface area contributed by atoms with E-state index in [-0.39, 0.29) is 0 Å². The average molecular weight is 246 g/mol. The van der Waals surface area contributed by atoms with Crippen LogP contribution in [0.2, 0.25) is 0 Å². The highest BCUT2D eigenvalue weighted by Gasteiger charge is 1.94. The van der Waals surface area contributed by atoms with Gasteiger partial charge in [0.2, 0.25) is 0 Å². The summed E-state index contributed by atoms with van der Waals surface area (Å²) in [6, 6.07) is 0. The lowest BCUT2D eigenvalue weighted by molar-refractivity contribution is 0.507. The molecule has 0 rings (SSSR count). The predicted molar refractivity (Wildman–Crippen MR) is 75.7 cm³/mol. The van der Waals surface area contributed by atoms with Crippen LogP contribution in [0.4, 0.5) is 0 Å². The smallest absolute Gasteiger partial charge is 0.138 e. The first kappa shape index (κ1) is 18.5. The Balaban J connectivity index is 0. The van der Waals surface area contributed by atoms with Gasteiger partial charge < -0.3 is 0 Å². The third-order valence-electron chi connectivity index (χ3n) is 2.89. The molecule has 0 N–H and O–H groups in total. The lowest BCUT2D eigenvalue weighted by Gasteiger charge is -2.04. The van der Waals surface area contributed by atoms with Crippen molar-refractivity contribution in [1.29, 1.82) is 0 Å². The molecule has 0 heterocycles. The summed E-state index contributed by atoms with van der Waals surface area (Å²) >= 11 is 0. The maximum Gasteiger partial charge on any atom is 0.138 e. The number of rotatable bonds is 10. The number of hydrogen-bond acceptors (Lipinski definition) is 1. The van der Waals surface area contributed by atoms with Gasteiger partial charge in [-0.25, -0.2) is 0 Å². The highest BCUT2D eigenvalue weighted by Crippen LogP contribution is 2.12. The van der Waals surface area contributed by atoms with Crippen LogP contribution < -0.4 is 0 Å². The molecule has 0 bridgehead atoms. The molecule has 98 valence electrons. The molecule has 0 atom stereocenters. The molecule has 0 fully saturated rings. The molecule has 2 heteroatoms. The van der Waals surface area contributed by atoms with Gasteiger partial charge in [-0.1, -0.05) is 85.0 Å². The number of unbranched alkanes of at least 4 members (excludes halogenated alkanes) is 8. The fourth-order valence-electron chi connectivity index (χ4n) is 1.86. The van der Waals surface area contributed by atoms with E-state index in [0.717, 1.165) is 5.92 Å². The Morgan fingerprint density at radius 1 is 0.750 bits per heavy atom. The van der Waals surface area contributed by atoms with Gasteiger partial charge in [-0.05, 0) is 5.92 Å². The molecule has 16 heavy (non-hydrogen) atoms. The second kappa shape index (κ2) is 17.5. The van der Waals surface area contributed by atoms with E-state index in [1.165, 1.54) is 64.2 Å². The molecule has 0 amide bonds. The van der Waals surface area contributed by atoms with Gasteiger partial charge in [-0.2, -0.15) is 0 Å². The van der Waals surface area contributed by atoms with Crippen molar-refractivity contribution in [3.63, 3.8) is 0 Å². The minimum absolute atomic E-state index is 0.902. The predicted octanol–water partition coefficient (Wildman–Crippen LogP) is 6.04. The molecular formula is C14H31OP. The molecule has 0 aliphatic rings. The van der Waals surface area contributed by atoms with Crippen molar-refractivity contribution in [3.05, 3.63) is 0 Å². The molecule has 0 aliphatic carbocycles. The molecule has 0 spiro atoms. The molecule has 0 aromatic rings. The molecule has 1 nitrogen and oxygen atoms in total. The van der Waals surface area contributed by atoms with Crippen LogP contribution in [0.15, 0.2) is 0 Å². The van der Waals surface area contributed by atoms with Crippen molar-refractivity contribution in [2.45, 2.75) is 85.0 Å². The zero-order valence-corrected chi connectivity index (χ0v) is 12.6. The fourth-order valence-corrected chi connectivity index (χ4v) is 1.86. The number of hydrogen-bond donors (Lipinski definition) is 0. The Morgan fingerprint density at radius 2 is 1.12 bits per heavy atom. The van der Waals surface area contributed by atoms with Crippen LogP contribution in [0.25, 0.3) is 0 Å². The summed E-state index contributed by atoms with van der Waals surface area (Å²) < 4.78 is 8.06. The minimum atomic E-state index is 0.902. The van der Waals surface area contributed by atoms with Crippen LogP contribution in [0.1, 0.15) is 85.0 Å². The Morgan fingerprint density at radius 3 is 1.50 bits per heavy atom. The third-order valence-corrected chi connectivity index (χ3v) is 2.89. The fraction of sp³-hybridized carbons (Fsp3) is 1.00. The van der Waals surface area contributed by atoms with Crippen LogP contribution in [0.5, 0.6) is 0 Å². The van der Waals surface area contributed by atoms with Crippen molar-refractivity contribution in [1.82, 2.24) is 0 Å². The molecule has 0 aliphatic heterocycles. The third kappa shape index (κ3) is 19.6. The van der Waals surface area contributed by atoms with Crippen molar-refractivity contribution in [2.24, 2.45) is 5.92 Å². The summed E-state index contributed by atoms with van der Waals surface area (Å²) in [4.78, 5) is 0. The Bertz CT molecular complexity index is 115. The van der Waals surface area contributed by atoms with Crippen LogP contribution in [-0.2, 0) is 4.57 Å². The van der Waals surface area contributed by atoms with Crippen LogP contribution in [-0.4, -0.2) is 0 Å². The first-order chi connectivity index (χ1) is 7.77. The van der Waals surface area contributed by atoms with E-state index in [9.17, 15) is 0 Å². The van der Waals surface area contributed by atoms with Gasteiger partial charge in [-0.15, -0.1) is 0 Å². The van der Waals surface area contributed by atoms with Crippen molar-refractivity contribution in [3.8, 4) is 0 Å². The zero-order valence-electron chi connectivity index (χ0n) is 11.6. The van der Waals surface area contributed by atoms with Gasteiger partial charge in [0.15, 0.2) is 0 Å². The normalized spacial score (nSPS) is 10.0. The highest BCUT2D eigenvalue weighted by molar-refractivity contribution is 7.00. The molecule has 0 radical (unpaired) electrons. The van der Waals surface area contributed by atoms with E-state index in [1.807, 2.05) is 0 Å². The monoisotopic (exact) mass is 246 g/mol. The summed E-state index contributed by atoms with van der Waals surface area (Å²) in [7, 11) is 1.72. The van der Waals surface area contributed by atoms with E-state index in [2.05, 4.69) is 20.8 Å². The Labute approximate surface area is 105 Å². The molecule has 0 unspecified atom stereocenters. The summed E-state index contributed by atoms with van der Waals surface area (Å²) in [6.45, 7) is 6.93. The maximum absolute atomic E-state index is 8.06. The topological polar surface area (TPSA) is 17.1 Å². The maximum atomic E-state index is 8.06. The van der Waals surface area contributed by atoms with Crippen molar-refractivity contribution >= 4 is 9.12 Å². The van der Waals surface area contributed by atoms with Crippen molar-refractivity contribution < 1.29 is 4.57 Å². The molecule has 0 saturated heterocycles. The van der Waals surface area contributed by atoms with Gasteiger partial charge in [0.05, 0.1) is 0 Å². The highest BCUT2D eigenvalue weighted by atomic mass is 31.0. The van der Waals surface area contributed by atoms with E-state index in [1.54, 1.807) is 9.12 Å². The van der Waals surface area contributed by atoms with Crippen molar-refractivity contribution in [2.75, 3.05) is 0 Å². The van der Waals surface area contributed by atoms with Gasteiger partial charge in [0.1, 0.15) is 9.12 Å². The zero-order chi connectivity index (χ0) is 12.6. The Kier molecular flexibility index (Phi) is 20.2. The lowest BCUT2D eigenvalue weighted by Crippen LogP contribution is -1.87. The summed E-state index contributed by atoms with van der Waals surface area (Å²) in [5.74, 6) is 0.902. The van der Waals surface area contributed by atoms with Gasteiger partial charge in [0.25, 0.3) is 0 Å². The first-order valence-electron chi connectivity index (χ1n) is 6.97. The van der Waals surface area contributed by atoms with Gasteiger partial charge in [-0.3, -0.25) is 4.57 Å². The average Bonchev–Trinajstić information content (AvgIpc) is 2.29. The van der Waals surface area contributed by atoms with Crippen LogP contribution >= 0.6 is 9.12 Å². The summed E-state index contributed by atoms with van der Waals surface area (Å²) in [5, 5.41) is 0. The Hall–Kier alpha value is 0.100. The quantitative estimate of drug-likeness (QED) is 0.339.